The van der Waals surface area contributed by atoms with Crippen LogP contribution < -0.4 is 20.7 Å². The molecule has 1 amide bonds. The summed E-state index contributed by atoms with van der Waals surface area (Å²) in [5.74, 6) is 1.76. The molecule has 27 heavy (non-hydrogen) atoms. The van der Waals surface area contributed by atoms with Crippen molar-refractivity contribution in [3.63, 3.8) is 0 Å². The molecule has 1 aliphatic carbocycles. The number of ether oxygens (including phenoxy) is 1. The number of guanidine groups is 1. The van der Waals surface area contributed by atoms with Gasteiger partial charge in [-0.2, -0.15) is 0 Å². The van der Waals surface area contributed by atoms with Crippen molar-refractivity contribution in [2.45, 2.75) is 57.9 Å². The Hall–Kier alpha value is -2.24. The van der Waals surface area contributed by atoms with Crippen molar-refractivity contribution < 1.29 is 9.53 Å². The number of hydrogen-bond acceptors (Lipinski definition) is 3. The molecule has 1 aromatic rings. The predicted molar refractivity (Wildman–Crippen MR) is 110 cm³/mol. The van der Waals surface area contributed by atoms with Gasteiger partial charge in [0.1, 0.15) is 5.75 Å². The molecule has 6 nitrogen and oxygen atoms in total. The molecule has 1 aliphatic rings. The van der Waals surface area contributed by atoms with Crippen LogP contribution in [0.4, 0.5) is 0 Å². The van der Waals surface area contributed by atoms with Crippen molar-refractivity contribution in [2.24, 2.45) is 4.99 Å². The van der Waals surface area contributed by atoms with Crippen molar-refractivity contribution in [3.8, 4) is 5.75 Å². The lowest BCUT2D eigenvalue weighted by Crippen LogP contribution is -2.41. The zero-order valence-electron chi connectivity index (χ0n) is 16.9. The van der Waals surface area contributed by atoms with E-state index in [2.05, 4.69) is 39.1 Å². The first-order chi connectivity index (χ1) is 13.1. The van der Waals surface area contributed by atoms with Crippen LogP contribution in [0, 0.1) is 6.92 Å². The highest BCUT2D eigenvalue weighted by molar-refractivity contribution is 5.81. The molecule has 0 saturated heterocycles. The van der Waals surface area contributed by atoms with Gasteiger partial charge in [0.15, 0.2) is 5.96 Å². The van der Waals surface area contributed by atoms with Gasteiger partial charge < -0.3 is 20.7 Å². The third-order valence-electron chi connectivity index (χ3n) is 5.02. The molecular weight excluding hydrogens is 340 g/mol. The molecule has 0 aromatic heterocycles. The Morgan fingerprint density at radius 1 is 1.19 bits per heavy atom. The summed E-state index contributed by atoms with van der Waals surface area (Å²) >= 11 is 0. The molecule has 0 radical (unpaired) electrons. The summed E-state index contributed by atoms with van der Waals surface area (Å²) in [7, 11) is 3.44. The molecule has 3 N–H and O–H groups in total. The summed E-state index contributed by atoms with van der Waals surface area (Å²) in [5, 5.41) is 9.64. The lowest BCUT2D eigenvalue weighted by molar-refractivity contribution is -0.121. The number of nitrogens with zero attached hydrogens (tertiary/aromatic N) is 1. The van der Waals surface area contributed by atoms with Crippen molar-refractivity contribution in [2.75, 3.05) is 27.2 Å². The number of amides is 1. The largest absolute Gasteiger partial charge is 0.496 e. The first-order valence-electron chi connectivity index (χ1n) is 9.99. The third-order valence-corrected chi connectivity index (χ3v) is 5.02. The van der Waals surface area contributed by atoms with Gasteiger partial charge in [-0.15, -0.1) is 0 Å². The maximum absolute atomic E-state index is 12.0. The molecule has 0 heterocycles. The first kappa shape index (κ1) is 21.1. The fourth-order valence-corrected chi connectivity index (χ4v) is 3.41. The van der Waals surface area contributed by atoms with Gasteiger partial charge in [0.2, 0.25) is 5.91 Å². The standard InChI is InChI=1S/C21H34N4O2/c1-16-9-10-17(15-19(16)27-3)11-13-23-21(22-2)24-14-12-20(26)25-18-7-5-4-6-8-18/h9-10,15,18H,4-8,11-14H2,1-3H3,(H,25,26)(H2,22,23,24). The molecule has 2 rings (SSSR count). The van der Waals surface area contributed by atoms with Gasteiger partial charge >= 0.3 is 0 Å². The maximum Gasteiger partial charge on any atom is 0.221 e. The van der Waals surface area contributed by atoms with Gasteiger partial charge in [0.25, 0.3) is 0 Å². The third kappa shape index (κ3) is 7.49. The smallest absolute Gasteiger partial charge is 0.221 e. The van der Waals surface area contributed by atoms with Crippen LogP contribution in [-0.2, 0) is 11.2 Å². The van der Waals surface area contributed by atoms with Crippen LogP contribution in [-0.4, -0.2) is 45.2 Å². The first-order valence-corrected chi connectivity index (χ1v) is 9.99. The highest BCUT2D eigenvalue weighted by Crippen LogP contribution is 2.19. The normalized spacial score (nSPS) is 15.3. The zero-order valence-corrected chi connectivity index (χ0v) is 16.9. The zero-order chi connectivity index (χ0) is 19.5. The van der Waals surface area contributed by atoms with Gasteiger partial charge in [0.05, 0.1) is 7.11 Å². The number of rotatable bonds is 8. The van der Waals surface area contributed by atoms with E-state index >= 15 is 0 Å². The molecule has 1 fully saturated rings. The molecular formula is C21H34N4O2. The Bertz CT molecular complexity index is 625. The van der Waals surface area contributed by atoms with Crippen molar-refractivity contribution in [1.82, 2.24) is 16.0 Å². The maximum atomic E-state index is 12.0. The average Bonchev–Trinajstić information content (AvgIpc) is 2.68. The lowest BCUT2D eigenvalue weighted by atomic mass is 9.95. The number of aryl methyl sites for hydroxylation is 1. The number of nitrogens with one attached hydrogen (secondary N) is 3. The highest BCUT2D eigenvalue weighted by atomic mass is 16.5. The minimum atomic E-state index is 0.122. The number of carbonyl (C=O) groups is 1. The van der Waals surface area contributed by atoms with Crippen LogP contribution in [0.25, 0.3) is 0 Å². The van der Waals surface area contributed by atoms with Gasteiger partial charge in [-0.3, -0.25) is 9.79 Å². The van der Waals surface area contributed by atoms with Gasteiger partial charge in [-0.05, 0) is 43.4 Å². The highest BCUT2D eigenvalue weighted by Gasteiger charge is 2.15. The lowest BCUT2D eigenvalue weighted by Gasteiger charge is -2.22. The molecule has 0 aliphatic heterocycles. The molecule has 0 bridgehead atoms. The van der Waals surface area contributed by atoms with Crippen LogP contribution in [0.1, 0.15) is 49.7 Å². The molecule has 0 atom stereocenters. The Balaban J connectivity index is 1.64. The van der Waals surface area contributed by atoms with E-state index in [0.29, 0.717) is 19.0 Å². The van der Waals surface area contributed by atoms with E-state index in [4.69, 9.17) is 4.74 Å². The predicted octanol–water partition coefficient (Wildman–Crippen LogP) is 2.55. The minimum absolute atomic E-state index is 0.122. The van der Waals surface area contributed by atoms with E-state index in [1.807, 2.05) is 6.92 Å². The number of carbonyl (C=O) groups excluding carboxylic acids is 1. The fraction of sp³-hybridized carbons (Fsp3) is 0.619. The topological polar surface area (TPSA) is 74.8 Å². The van der Waals surface area contributed by atoms with E-state index in [1.54, 1.807) is 14.2 Å². The number of hydrogen-bond donors (Lipinski definition) is 3. The van der Waals surface area contributed by atoms with Gasteiger partial charge in [0, 0.05) is 32.6 Å². The Kier molecular flexibility index (Phi) is 8.95. The van der Waals surface area contributed by atoms with Crippen LogP contribution in [0.15, 0.2) is 23.2 Å². The Morgan fingerprint density at radius 3 is 2.63 bits per heavy atom. The number of methoxy groups -OCH3 is 1. The summed E-state index contributed by atoms with van der Waals surface area (Å²) in [5.41, 5.74) is 2.35. The average molecular weight is 375 g/mol. The number of benzene rings is 1. The Labute approximate surface area is 163 Å². The number of aliphatic imine (C=N–C) groups is 1. The van der Waals surface area contributed by atoms with E-state index in [-0.39, 0.29) is 5.91 Å². The SMILES string of the molecule is CN=C(NCCC(=O)NC1CCCCC1)NCCc1ccc(C)c(OC)c1. The van der Waals surface area contributed by atoms with E-state index in [1.165, 1.54) is 24.8 Å². The molecule has 1 saturated carbocycles. The second kappa shape index (κ2) is 11.5. The van der Waals surface area contributed by atoms with Crippen molar-refractivity contribution in [1.29, 1.82) is 0 Å². The van der Waals surface area contributed by atoms with E-state index < -0.39 is 0 Å². The molecule has 0 spiro atoms. The summed E-state index contributed by atoms with van der Waals surface area (Å²) in [6.07, 6.45) is 7.33. The van der Waals surface area contributed by atoms with Crippen LogP contribution in [0.5, 0.6) is 5.75 Å². The molecule has 6 heteroatoms. The second-order valence-corrected chi connectivity index (χ2v) is 7.13. The summed E-state index contributed by atoms with van der Waals surface area (Å²) < 4.78 is 5.37. The minimum Gasteiger partial charge on any atom is -0.496 e. The summed E-state index contributed by atoms with van der Waals surface area (Å²) in [4.78, 5) is 16.3. The molecule has 0 unspecified atom stereocenters. The quantitative estimate of drug-likeness (QED) is 0.483. The van der Waals surface area contributed by atoms with E-state index in [0.717, 1.165) is 43.1 Å². The fourth-order valence-electron chi connectivity index (χ4n) is 3.41. The molecule has 1 aromatic carbocycles. The summed E-state index contributed by atoms with van der Waals surface area (Å²) in [6.45, 7) is 3.38. The monoisotopic (exact) mass is 374 g/mol. The van der Waals surface area contributed by atoms with Crippen LogP contribution in [0.2, 0.25) is 0 Å². The van der Waals surface area contributed by atoms with Crippen LogP contribution in [0.3, 0.4) is 0 Å². The van der Waals surface area contributed by atoms with Gasteiger partial charge in [-0.25, -0.2) is 0 Å². The van der Waals surface area contributed by atoms with Crippen molar-refractivity contribution in [3.05, 3.63) is 29.3 Å². The summed E-state index contributed by atoms with van der Waals surface area (Å²) in [6, 6.07) is 6.63. The van der Waals surface area contributed by atoms with Crippen LogP contribution >= 0.6 is 0 Å². The van der Waals surface area contributed by atoms with E-state index in [9.17, 15) is 4.79 Å². The van der Waals surface area contributed by atoms with Crippen molar-refractivity contribution >= 4 is 11.9 Å². The molecule has 150 valence electrons. The second-order valence-electron chi connectivity index (χ2n) is 7.13. The van der Waals surface area contributed by atoms with Gasteiger partial charge in [-0.1, -0.05) is 31.4 Å². The Morgan fingerprint density at radius 2 is 1.93 bits per heavy atom.